The van der Waals surface area contributed by atoms with Crippen LogP contribution in [0.25, 0.3) is 5.57 Å². The van der Waals surface area contributed by atoms with Gasteiger partial charge in [0.05, 0.1) is 17.3 Å². The van der Waals surface area contributed by atoms with Crippen LogP contribution < -0.4 is 21.9 Å². The van der Waals surface area contributed by atoms with E-state index in [0.29, 0.717) is 23.4 Å². The summed E-state index contributed by atoms with van der Waals surface area (Å²) in [6.07, 6.45) is -1.14. The van der Waals surface area contributed by atoms with Crippen molar-refractivity contribution in [2.24, 2.45) is 5.73 Å². The number of fused-ring (bicyclic) bond motifs is 5. The van der Waals surface area contributed by atoms with Gasteiger partial charge < -0.3 is 30.8 Å². The minimum absolute atomic E-state index is 0.0254. The number of aliphatic hydroxyl groups is 1. The molecule has 2 aromatic rings. The largest absolute Gasteiger partial charge is 0.458 e. The Morgan fingerprint density at radius 2 is 2.17 bits per heavy atom. The quantitative estimate of drug-likeness (QED) is 0.427. The van der Waals surface area contributed by atoms with E-state index < -0.39 is 23.9 Å². The number of benzene rings is 1. The summed E-state index contributed by atoms with van der Waals surface area (Å²) in [7, 11) is 0. The van der Waals surface area contributed by atoms with Crippen LogP contribution in [-0.2, 0) is 27.5 Å². The van der Waals surface area contributed by atoms with E-state index in [1.807, 2.05) is 0 Å². The topological polar surface area (TPSA) is 136 Å². The van der Waals surface area contributed by atoms with Gasteiger partial charge in [-0.2, -0.15) is 0 Å². The molecule has 0 bridgehead atoms. The molecule has 1 aromatic heterocycles. The first kappa shape index (κ1) is 18.5. The van der Waals surface area contributed by atoms with Gasteiger partial charge in [-0.1, -0.05) is 0 Å². The van der Waals surface area contributed by atoms with Crippen LogP contribution in [0.5, 0.6) is 0 Å². The van der Waals surface area contributed by atoms with E-state index in [1.165, 1.54) is 12.1 Å². The Labute approximate surface area is 168 Å². The summed E-state index contributed by atoms with van der Waals surface area (Å²) in [5, 5.41) is 15.7. The molecule has 1 aromatic carbocycles. The van der Waals surface area contributed by atoms with Gasteiger partial charge in [0.15, 0.2) is 6.10 Å². The Morgan fingerprint density at radius 1 is 1.37 bits per heavy atom. The van der Waals surface area contributed by atoms with E-state index in [2.05, 4.69) is 10.6 Å². The van der Waals surface area contributed by atoms with Crippen molar-refractivity contribution in [2.45, 2.75) is 25.3 Å². The number of nitrogens with one attached hydrogen (secondary N) is 2. The lowest BCUT2D eigenvalue weighted by Crippen LogP contribution is -2.33. The third kappa shape index (κ3) is 2.44. The van der Waals surface area contributed by atoms with Crippen molar-refractivity contribution in [2.75, 3.05) is 17.2 Å². The summed E-state index contributed by atoms with van der Waals surface area (Å²) >= 11 is 0. The maximum absolute atomic E-state index is 14.4. The second kappa shape index (κ2) is 6.51. The monoisotopic (exact) mass is 412 g/mol. The zero-order valence-electron chi connectivity index (χ0n) is 15.6. The number of carbonyl (C=O) groups is 2. The van der Waals surface area contributed by atoms with E-state index in [-0.39, 0.29) is 42.1 Å². The Kier molecular flexibility index (Phi) is 4.02. The van der Waals surface area contributed by atoms with Crippen LogP contribution in [0.2, 0.25) is 0 Å². The summed E-state index contributed by atoms with van der Waals surface area (Å²) < 4.78 is 20.8. The second-order valence-corrected chi connectivity index (χ2v) is 7.33. The highest BCUT2D eigenvalue weighted by molar-refractivity contribution is 5.88. The first-order chi connectivity index (χ1) is 14.4. The number of nitrogens with zero attached hydrogens (tertiary/aromatic N) is 1. The number of hydrogen-bond acceptors (Lipinski definition) is 7. The fraction of sp³-hybridized carbons (Fsp3) is 0.250. The van der Waals surface area contributed by atoms with Gasteiger partial charge in [-0.05, 0) is 29.3 Å². The molecule has 4 heterocycles. The van der Waals surface area contributed by atoms with Crippen LogP contribution in [0.3, 0.4) is 0 Å². The minimum atomic E-state index is -1.53. The molecule has 5 rings (SSSR count). The summed E-state index contributed by atoms with van der Waals surface area (Å²) in [4.78, 5) is 35.5. The molecule has 30 heavy (non-hydrogen) atoms. The number of halogens is 1. The Bertz CT molecular complexity index is 1220. The third-order valence-electron chi connectivity index (χ3n) is 5.85. The Morgan fingerprint density at radius 3 is 2.90 bits per heavy atom. The first-order valence-electron chi connectivity index (χ1n) is 9.28. The van der Waals surface area contributed by atoms with E-state index in [9.17, 15) is 23.9 Å². The summed E-state index contributed by atoms with van der Waals surface area (Å²) in [5.41, 5.74) is 9.36. The van der Waals surface area contributed by atoms with Crippen LogP contribution in [-0.4, -0.2) is 28.6 Å². The molecular weight excluding hydrogens is 395 g/mol. The molecule has 0 spiro atoms. The first-order valence-corrected chi connectivity index (χ1v) is 9.28. The molecule has 0 radical (unpaired) electrons. The average Bonchev–Trinajstić information content (AvgIpc) is 3.09. The average molecular weight is 412 g/mol. The van der Waals surface area contributed by atoms with Gasteiger partial charge in [0, 0.05) is 35.6 Å². The number of amides is 1. The lowest BCUT2D eigenvalue weighted by atomic mass is 9.89. The molecular formula is C20H17FN4O5. The number of carbonyl (C=O) groups excluding carboxylic acids is 2. The SMILES string of the molecule is NCC1=C2Cn3c(cc4c(c3=O)COC(=O)C4O)C2Nc2cc(F)c(NC=O)cc21. The van der Waals surface area contributed by atoms with E-state index in [0.717, 1.165) is 11.1 Å². The number of esters is 1. The highest BCUT2D eigenvalue weighted by Gasteiger charge is 2.39. The number of aromatic nitrogens is 1. The molecule has 10 heteroatoms. The zero-order chi connectivity index (χ0) is 21.2. The van der Waals surface area contributed by atoms with Crippen LogP contribution in [0.1, 0.15) is 34.5 Å². The van der Waals surface area contributed by atoms with Crippen molar-refractivity contribution in [3.05, 3.63) is 62.3 Å². The maximum Gasteiger partial charge on any atom is 0.340 e. The highest BCUT2D eigenvalue weighted by Crippen LogP contribution is 2.45. The van der Waals surface area contributed by atoms with Crippen molar-refractivity contribution in [1.29, 1.82) is 0 Å². The summed E-state index contributed by atoms with van der Waals surface area (Å²) in [5.74, 6) is -1.42. The fourth-order valence-corrected chi connectivity index (χ4v) is 4.43. The number of ether oxygens (including phenoxy) is 1. The van der Waals surface area contributed by atoms with Crippen LogP contribution in [0.15, 0.2) is 28.6 Å². The van der Waals surface area contributed by atoms with Crippen LogP contribution in [0.4, 0.5) is 15.8 Å². The predicted molar refractivity (Wildman–Crippen MR) is 104 cm³/mol. The molecule has 5 N–H and O–H groups in total. The number of cyclic esters (lactones) is 1. The molecule has 0 saturated heterocycles. The molecule has 3 aliphatic rings. The van der Waals surface area contributed by atoms with Gasteiger partial charge in [-0.25, -0.2) is 9.18 Å². The van der Waals surface area contributed by atoms with Crippen molar-refractivity contribution >= 4 is 29.3 Å². The smallest absolute Gasteiger partial charge is 0.340 e. The lowest BCUT2D eigenvalue weighted by Gasteiger charge is -2.28. The maximum atomic E-state index is 14.4. The predicted octanol–water partition coefficient (Wildman–Crippen LogP) is 0.539. The molecule has 2 atom stereocenters. The van der Waals surface area contributed by atoms with Gasteiger partial charge in [-0.3, -0.25) is 9.59 Å². The molecule has 0 saturated carbocycles. The third-order valence-corrected chi connectivity index (χ3v) is 5.85. The van der Waals surface area contributed by atoms with Gasteiger partial charge >= 0.3 is 5.97 Å². The normalized spacial score (nSPS) is 21.1. The minimum Gasteiger partial charge on any atom is -0.458 e. The van der Waals surface area contributed by atoms with E-state index in [1.54, 1.807) is 10.6 Å². The van der Waals surface area contributed by atoms with Crippen LogP contribution >= 0.6 is 0 Å². The summed E-state index contributed by atoms with van der Waals surface area (Å²) in [6.45, 7) is 0.194. The molecule has 3 aliphatic heterocycles. The van der Waals surface area contributed by atoms with Gasteiger partial charge in [0.1, 0.15) is 12.4 Å². The van der Waals surface area contributed by atoms with Crippen molar-refractivity contribution in [3.8, 4) is 0 Å². The zero-order valence-corrected chi connectivity index (χ0v) is 15.6. The number of nitrogens with two attached hydrogens (primary N) is 1. The highest BCUT2D eigenvalue weighted by atomic mass is 19.1. The van der Waals surface area contributed by atoms with Gasteiger partial charge in [0.2, 0.25) is 6.41 Å². The number of aliphatic hydroxyl groups excluding tert-OH is 1. The molecule has 0 aliphatic carbocycles. The van der Waals surface area contributed by atoms with E-state index >= 15 is 0 Å². The standard InChI is InChI=1S/C20H17FN4O5/c21-13-3-14-8(1-15(13)23-7-26)10(4-22)11-5-25-16(17(11)24-14)2-9-12(19(25)28)6-30-20(29)18(9)27/h1-3,7,17-18,24,27H,4-6,22H2,(H,23,26). The van der Waals surface area contributed by atoms with Crippen molar-refractivity contribution in [3.63, 3.8) is 0 Å². The van der Waals surface area contributed by atoms with Gasteiger partial charge in [0.25, 0.3) is 5.56 Å². The molecule has 9 nitrogen and oxygen atoms in total. The second-order valence-electron chi connectivity index (χ2n) is 7.33. The number of pyridine rings is 1. The molecule has 154 valence electrons. The number of hydrogen-bond donors (Lipinski definition) is 4. The lowest BCUT2D eigenvalue weighted by molar-refractivity contribution is -0.157. The van der Waals surface area contributed by atoms with Gasteiger partial charge in [-0.15, -0.1) is 0 Å². The fourth-order valence-electron chi connectivity index (χ4n) is 4.43. The number of rotatable bonds is 3. The van der Waals surface area contributed by atoms with E-state index in [4.69, 9.17) is 10.5 Å². The Balaban J connectivity index is 1.69. The molecule has 1 amide bonds. The van der Waals surface area contributed by atoms with Crippen LogP contribution in [0, 0.1) is 5.82 Å². The number of anilines is 2. The Hall–Kier alpha value is -3.50. The molecule has 0 fully saturated rings. The molecule has 2 unspecified atom stereocenters. The van der Waals surface area contributed by atoms with Crippen molar-refractivity contribution < 1.29 is 23.8 Å². The summed E-state index contributed by atoms with van der Waals surface area (Å²) in [6, 6.07) is 3.91. The van der Waals surface area contributed by atoms with Crippen molar-refractivity contribution in [1.82, 2.24) is 4.57 Å².